The van der Waals surface area contributed by atoms with Crippen LogP contribution in [0.3, 0.4) is 0 Å². The standard InChI is InChI=1S/C30H41ClN4O6S/c1-19(2)34-12-10-21(16-34)35(42(38)22-8-9-24(31)25(32)15-22)17-27(36)26(14-20-6-4-3-5-7-20)33-30(37)41-28-18-40-29-23(28)11-13-39-29/h3-9,15,19,21,23,26-29,36H,10-14,16-18,32H2,1-2H3,(H,33,37)/t21?,23-,26-,27+,28-,29+,42?/m0/s1. The van der Waals surface area contributed by atoms with Crippen LogP contribution in [-0.4, -0.2) is 94.4 Å². The number of fused-ring (bicyclic) bond motifs is 1. The number of hydrogen-bond acceptors (Lipinski definition) is 9. The van der Waals surface area contributed by atoms with Gasteiger partial charge in [-0.15, -0.1) is 4.31 Å². The lowest BCUT2D eigenvalue weighted by Crippen LogP contribution is -2.53. The predicted molar refractivity (Wildman–Crippen MR) is 161 cm³/mol. The molecule has 0 aliphatic carbocycles. The summed E-state index contributed by atoms with van der Waals surface area (Å²) in [5.74, 6) is 0.00393. The first-order chi connectivity index (χ1) is 20.2. The number of aliphatic hydroxyl groups is 1. The van der Waals surface area contributed by atoms with Gasteiger partial charge in [-0.3, -0.25) is 4.90 Å². The number of hydrogen-bond donors (Lipinski definition) is 3. The zero-order chi connectivity index (χ0) is 29.8. The van der Waals surface area contributed by atoms with E-state index in [2.05, 4.69) is 24.1 Å². The molecule has 3 saturated heterocycles. The van der Waals surface area contributed by atoms with Crippen LogP contribution in [0.5, 0.6) is 0 Å². The van der Waals surface area contributed by atoms with Gasteiger partial charge in [0.05, 0.1) is 65.9 Å². The van der Waals surface area contributed by atoms with Gasteiger partial charge in [-0.2, -0.15) is 0 Å². The molecule has 2 aromatic rings. The number of carbonyl (C=O) groups excluding carboxylic acids is 1. The number of alkyl carbamates (subject to hydrolysis) is 1. The summed E-state index contributed by atoms with van der Waals surface area (Å²) in [4.78, 5) is 16.0. The summed E-state index contributed by atoms with van der Waals surface area (Å²) in [7, 11) is 0. The lowest BCUT2D eigenvalue weighted by molar-refractivity contribution is -0.0907. The minimum atomic E-state index is -1.63. The van der Waals surface area contributed by atoms with E-state index < -0.39 is 35.7 Å². The Labute approximate surface area is 255 Å². The second-order valence-corrected chi connectivity index (χ2v) is 13.4. The van der Waals surface area contributed by atoms with Gasteiger partial charge in [0, 0.05) is 25.2 Å². The maximum atomic E-state index is 14.0. The molecule has 42 heavy (non-hydrogen) atoms. The monoisotopic (exact) mass is 620 g/mol. The molecule has 2 aromatic carbocycles. The predicted octanol–water partition coefficient (Wildman–Crippen LogP) is 3.19. The van der Waals surface area contributed by atoms with Crippen molar-refractivity contribution in [3.05, 3.63) is 59.1 Å². The normalized spacial score (nSPS) is 26.4. The van der Waals surface area contributed by atoms with Crippen LogP contribution in [0.2, 0.25) is 5.02 Å². The molecule has 5 rings (SSSR count). The molecule has 0 spiro atoms. The number of halogens is 1. The Morgan fingerprint density at radius 2 is 2.05 bits per heavy atom. The van der Waals surface area contributed by atoms with Crippen molar-refractivity contribution in [2.75, 3.05) is 38.6 Å². The molecule has 7 atom stereocenters. The van der Waals surface area contributed by atoms with Gasteiger partial charge in [0.25, 0.3) is 0 Å². The lowest BCUT2D eigenvalue weighted by Gasteiger charge is -2.33. The average molecular weight is 621 g/mol. The van der Waals surface area contributed by atoms with Crippen LogP contribution in [0.15, 0.2) is 53.4 Å². The molecule has 12 heteroatoms. The van der Waals surface area contributed by atoms with Gasteiger partial charge in [0.15, 0.2) is 11.2 Å². The molecular weight excluding hydrogens is 580 g/mol. The fourth-order valence-corrected chi connectivity index (χ4v) is 7.46. The Morgan fingerprint density at radius 1 is 1.26 bits per heavy atom. The van der Waals surface area contributed by atoms with Gasteiger partial charge in [0.2, 0.25) is 0 Å². The SMILES string of the molecule is CC(C)N1CCC(N(C[C@@H](O)[C@H](Cc2ccccc2)NC(=O)O[C@H]2CO[C@H]3OCC[C@H]32)[S+]([O-])c2ccc(Cl)c(N)c2)C1. The second-order valence-electron chi connectivity index (χ2n) is 11.5. The van der Waals surface area contributed by atoms with E-state index in [1.165, 1.54) is 0 Å². The fourth-order valence-electron chi connectivity index (χ4n) is 5.92. The number of aliphatic hydroxyl groups excluding tert-OH is 1. The van der Waals surface area contributed by atoms with Crippen molar-refractivity contribution in [3.63, 3.8) is 0 Å². The number of benzene rings is 2. The molecule has 3 heterocycles. The van der Waals surface area contributed by atoms with Gasteiger partial charge < -0.3 is 34.9 Å². The van der Waals surface area contributed by atoms with Gasteiger partial charge >= 0.3 is 6.09 Å². The van der Waals surface area contributed by atoms with Crippen molar-refractivity contribution in [1.82, 2.24) is 14.5 Å². The summed E-state index contributed by atoms with van der Waals surface area (Å²) in [5.41, 5.74) is 7.33. The molecule has 4 N–H and O–H groups in total. The van der Waals surface area contributed by atoms with Gasteiger partial charge in [-0.25, -0.2) is 4.79 Å². The summed E-state index contributed by atoms with van der Waals surface area (Å²) >= 11 is 4.51. The highest BCUT2D eigenvalue weighted by Crippen LogP contribution is 2.33. The Hall–Kier alpha value is -2.09. The summed E-state index contributed by atoms with van der Waals surface area (Å²) in [6.45, 7) is 6.77. The van der Waals surface area contributed by atoms with E-state index in [4.69, 9.17) is 31.5 Å². The third-order valence-electron chi connectivity index (χ3n) is 8.39. The Bertz CT molecular complexity index is 1200. The molecule has 3 aliphatic heterocycles. The summed E-state index contributed by atoms with van der Waals surface area (Å²) in [6, 6.07) is 14.2. The topological polar surface area (TPSA) is 133 Å². The van der Waals surface area contributed by atoms with Crippen molar-refractivity contribution < 1.29 is 28.7 Å². The minimum absolute atomic E-state index is 0.00393. The number of ether oxygens (including phenoxy) is 3. The Kier molecular flexibility index (Phi) is 10.5. The second kappa shape index (κ2) is 14.1. The number of anilines is 1. The smallest absolute Gasteiger partial charge is 0.407 e. The fraction of sp³-hybridized carbons (Fsp3) is 0.567. The van der Waals surface area contributed by atoms with Gasteiger partial charge in [0.1, 0.15) is 6.10 Å². The number of amides is 1. The van der Waals surface area contributed by atoms with E-state index in [9.17, 15) is 14.5 Å². The van der Waals surface area contributed by atoms with E-state index in [1.54, 1.807) is 18.2 Å². The van der Waals surface area contributed by atoms with Crippen LogP contribution in [0.4, 0.5) is 10.5 Å². The number of rotatable bonds is 11. The minimum Gasteiger partial charge on any atom is -0.593 e. The molecule has 0 saturated carbocycles. The highest BCUT2D eigenvalue weighted by Gasteiger charge is 2.44. The molecule has 10 nitrogen and oxygen atoms in total. The van der Waals surface area contributed by atoms with Crippen LogP contribution in [0, 0.1) is 5.92 Å². The van der Waals surface area contributed by atoms with Crippen molar-refractivity contribution in [1.29, 1.82) is 0 Å². The molecule has 3 fully saturated rings. The quantitative estimate of drug-likeness (QED) is 0.256. The van der Waals surface area contributed by atoms with Crippen LogP contribution in [0.1, 0.15) is 32.3 Å². The molecule has 3 aliphatic rings. The third kappa shape index (κ3) is 7.51. The molecule has 0 aromatic heterocycles. The van der Waals surface area contributed by atoms with Crippen LogP contribution in [0.25, 0.3) is 0 Å². The first kappa shape index (κ1) is 31.3. The van der Waals surface area contributed by atoms with E-state index in [0.29, 0.717) is 41.2 Å². The van der Waals surface area contributed by atoms with Crippen molar-refractivity contribution >= 4 is 34.7 Å². The number of nitrogen functional groups attached to an aromatic ring is 1. The largest absolute Gasteiger partial charge is 0.593 e. The van der Waals surface area contributed by atoms with Gasteiger partial charge in [-0.05, 0) is 50.8 Å². The van der Waals surface area contributed by atoms with Crippen molar-refractivity contribution in [2.24, 2.45) is 5.92 Å². The Balaban J connectivity index is 1.34. The highest BCUT2D eigenvalue weighted by atomic mass is 35.5. The zero-order valence-corrected chi connectivity index (χ0v) is 25.6. The molecular formula is C30H41ClN4O6S. The molecule has 1 amide bonds. The summed E-state index contributed by atoms with van der Waals surface area (Å²) in [5, 5.41) is 15.0. The first-order valence-electron chi connectivity index (χ1n) is 14.6. The third-order valence-corrected chi connectivity index (χ3v) is 10.3. The van der Waals surface area contributed by atoms with Crippen LogP contribution < -0.4 is 11.1 Å². The van der Waals surface area contributed by atoms with Crippen molar-refractivity contribution in [2.45, 2.75) is 74.6 Å². The van der Waals surface area contributed by atoms with Crippen molar-refractivity contribution in [3.8, 4) is 0 Å². The Morgan fingerprint density at radius 3 is 2.76 bits per heavy atom. The number of nitrogens with two attached hydrogens (primary N) is 1. The van der Waals surface area contributed by atoms with E-state index >= 15 is 0 Å². The zero-order valence-electron chi connectivity index (χ0n) is 24.1. The molecule has 0 bridgehead atoms. The first-order valence-corrected chi connectivity index (χ1v) is 16.1. The summed E-state index contributed by atoms with van der Waals surface area (Å²) in [6.07, 6.45) is -0.496. The molecule has 230 valence electrons. The molecule has 0 radical (unpaired) electrons. The van der Waals surface area contributed by atoms with Crippen LogP contribution in [-0.2, 0) is 32.0 Å². The summed E-state index contributed by atoms with van der Waals surface area (Å²) < 4.78 is 32.8. The number of nitrogens with one attached hydrogen (secondary N) is 1. The number of likely N-dealkylation sites (tertiary alicyclic amines) is 1. The number of nitrogens with zero attached hydrogens (tertiary/aromatic N) is 2. The van der Waals surface area contributed by atoms with E-state index in [1.807, 2.05) is 34.6 Å². The number of carbonyl (C=O) groups is 1. The van der Waals surface area contributed by atoms with Crippen LogP contribution >= 0.6 is 11.6 Å². The van der Waals surface area contributed by atoms with E-state index in [0.717, 1.165) is 24.9 Å². The van der Waals surface area contributed by atoms with Gasteiger partial charge in [-0.1, -0.05) is 41.9 Å². The molecule has 2 unspecified atom stereocenters. The van der Waals surface area contributed by atoms with E-state index in [-0.39, 0.29) is 31.4 Å². The maximum Gasteiger partial charge on any atom is 0.407 e. The maximum absolute atomic E-state index is 14.0. The average Bonchev–Trinajstić information content (AvgIpc) is 3.72. The highest BCUT2D eigenvalue weighted by molar-refractivity contribution is 7.89. The lowest BCUT2D eigenvalue weighted by atomic mass is 10.0.